The fraction of sp³-hybridized carbons (Fsp3) is 0.235. The van der Waals surface area contributed by atoms with Crippen LogP contribution in [-0.2, 0) is 0 Å². The average Bonchev–Trinajstić information content (AvgIpc) is 2.45. The minimum absolute atomic E-state index is 0.166. The molecule has 2 N–H and O–H groups in total. The lowest BCUT2D eigenvalue weighted by molar-refractivity contribution is 0.739. The smallest absolute Gasteiger partial charge is 0.106 e. The molecule has 0 aliphatic heterocycles. The highest BCUT2D eigenvalue weighted by Crippen LogP contribution is 2.29. The summed E-state index contributed by atoms with van der Waals surface area (Å²) in [5.74, 6) is 0. The fourth-order valence-electron chi connectivity index (χ4n) is 2.35. The summed E-state index contributed by atoms with van der Waals surface area (Å²) >= 11 is 11.3. The van der Waals surface area contributed by atoms with Crippen molar-refractivity contribution in [2.75, 3.05) is 11.9 Å². The highest BCUT2D eigenvalue weighted by molar-refractivity contribution is 7.80. The molecule has 0 spiro atoms. The number of halogens is 1. The molecule has 21 heavy (non-hydrogen) atoms. The predicted molar refractivity (Wildman–Crippen MR) is 95.3 cm³/mol. The Labute approximate surface area is 136 Å². The molecule has 1 unspecified atom stereocenters. The van der Waals surface area contributed by atoms with E-state index in [4.69, 9.17) is 29.6 Å². The largest absolute Gasteiger partial charge is 0.389 e. The predicted octanol–water partition coefficient (Wildman–Crippen LogP) is 4.48. The van der Waals surface area contributed by atoms with Gasteiger partial charge in [-0.2, -0.15) is 0 Å². The molecule has 4 heteroatoms. The van der Waals surface area contributed by atoms with Crippen molar-refractivity contribution in [3.05, 3.63) is 64.2 Å². The fourth-order valence-corrected chi connectivity index (χ4v) is 2.72. The van der Waals surface area contributed by atoms with Gasteiger partial charge < -0.3 is 10.6 Å². The Morgan fingerprint density at radius 3 is 2.57 bits per heavy atom. The Morgan fingerprint density at radius 2 is 1.95 bits per heavy atom. The van der Waals surface area contributed by atoms with Crippen molar-refractivity contribution in [3.8, 4) is 0 Å². The first kappa shape index (κ1) is 15.8. The molecule has 2 rings (SSSR count). The molecule has 110 valence electrons. The third-order valence-corrected chi connectivity index (χ3v) is 4.16. The van der Waals surface area contributed by atoms with Crippen LogP contribution < -0.4 is 10.6 Å². The van der Waals surface area contributed by atoms with Crippen LogP contribution in [0, 0.1) is 6.92 Å². The second-order valence-electron chi connectivity index (χ2n) is 5.23. The van der Waals surface area contributed by atoms with Crippen molar-refractivity contribution in [3.63, 3.8) is 0 Å². The number of rotatable bonds is 4. The number of hydrogen-bond donors (Lipinski definition) is 1. The number of anilines is 1. The van der Waals surface area contributed by atoms with E-state index < -0.39 is 0 Å². The van der Waals surface area contributed by atoms with Crippen LogP contribution in [0.4, 0.5) is 5.69 Å². The summed E-state index contributed by atoms with van der Waals surface area (Å²) in [6, 6.07) is 14.2. The van der Waals surface area contributed by atoms with E-state index in [1.54, 1.807) is 0 Å². The summed E-state index contributed by atoms with van der Waals surface area (Å²) in [5.41, 5.74) is 10.1. The Hall–Kier alpha value is -1.58. The van der Waals surface area contributed by atoms with Gasteiger partial charge in [0, 0.05) is 23.3 Å². The molecule has 2 aromatic carbocycles. The van der Waals surface area contributed by atoms with Crippen LogP contribution in [0.5, 0.6) is 0 Å². The van der Waals surface area contributed by atoms with Crippen LogP contribution in [0.15, 0.2) is 42.5 Å². The van der Waals surface area contributed by atoms with Crippen LogP contribution in [0.3, 0.4) is 0 Å². The maximum Gasteiger partial charge on any atom is 0.106 e. The maximum absolute atomic E-state index is 6.08. The number of hydrogen-bond acceptors (Lipinski definition) is 2. The molecule has 0 aromatic heterocycles. The van der Waals surface area contributed by atoms with Crippen molar-refractivity contribution >= 4 is 34.5 Å². The SMILES string of the molecule is Cc1ccc(N(C)C(C)c2cccc(Cl)c2)c(C(N)=S)c1. The molecule has 2 nitrogen and oxygen atoms in total. The summed E-state index contributed by atoms with van der Waals surface area (Å²) in [4.78, 5) is 2.58. The monoisotopic (exact) mass is 318 g/mol. The van der Waals surface area contributed by atoms with Gasteiger partial charge in [-0.3, -0.25) is 0 Å². The van der Waals surface area contributed by atoms with E-state index >= 15 is 0 Å². The quantitative estimate of drug-likeness (QED) is 0.843. The second kappa shape index (κ2) is 6.46. The third kappa shape index (κ3) is 3.55. The zero-order valence-corrected chi connectivity index (χ0v) is 14.0. The van der Waals surface area contributed by atoms with E-state index in [1.807, 2.05) is 38.2 Å². The highest BCUT2D eigenvalue weighted by Gasteiger charge is 2.16. The molecule has 2 aromatic rings. The Bertz CT molecular complexity index is 670. The van der Waals surface area contributed by atoms with Crippen molar-refractivity contribution in [2.24, 2.45) is 5.73 Å². The van der Waals surface area contributed by atoms with E-state index in [1.165, 1.54) is 0 Å². The van der Waals surface area contributed by atoms with Crippen LogP contribution in [0.2, 0.25) is 5.02 Å². The molecule has 0 saturated heterocycles. The van der Waals surface area contributed by atoms with Gasteiger partial charge in [-0.1, -0.05) is 47.6 Å². The van der Waals surface area contributed by atoms with Gasteiger partial charge in [-0.15, -0.1) is 0 Å². The minimum Gasteiger partial charge on any atom is -0.389 e. The van der Waals surface area contributed by atoms with Crippen LogP contribution in [0.25, 0.3) is 0 Å². The molecule has 0 heterocycles. The zero-order chi connectivity index (χ0) is 15.6. The Morgan fingerprint density at radius 1 is 1.24 bits per heavy atom. The molecule has 0 fully saturated rings. The Balaban J connectivity index is 2.40. The zero-order valence-electron chi connectivity index (χ0n) is 12.4. The molecule has 0 aliphatic carbocycles. The summed E-state index contributed by atoms with van der Waals surface area (Å²) in [6.07, 6.45) is 0. The molecular weight excluding hydrogens is 300 g/mol. The lowest BCUT2D eigenvalue weighted by Gasteiger charge is -2.29. The number of nitrogens with zero attached hydrogens (tertiary/aromatic N) is 1. The van der Waals surface area contributed by atoms with Crippen LogP contribution >= 0.6 is 23.8 Å². The topological polar surface area (TPSA) is 29.3 Å². The number of thiocarbonyl (C=S) groups is 1. The van der Waals surface area contributed by atoms with E-state index in [9.17, 15) is 0 Å². The van der Waals surface area contributed by atoms with Gasteiger partial charge in [-0.05, 0) is 43.7 Å². The Kier molecular flexibility index (Phi) is 4.86. The number of aryl methyl sites for hydroxylation is 1. The van der Waals surface area contributed by atoms with Crippen molar-refractivity contribution in [2.45, 2.75) is 19.9 Å². The van der Waals surface area contributed by atoms with Gasteiger partial charge in [-0.25, -0.2) is 0 Å². The lowest BCUT2D eigenvalue weighted by Crippen LogP contribution is -2.25. The molecule has 0 radical (unpaired) electrons. The molecule has 0 aliphatic rings. The third-order valence-electron chi connectivity index (χ3n) is 3.71. The van der Waals surface area contributed by atoms with Crippen molar-refractivity contribution < 1.29 is 0 Å². The first-order valence-electron chi connectivity index (χ1n) is 6.79. The molecule has 1 atom stereocenters. The molecular formula is C17H19ClN2S. The van der Waals surface area contributed by atoms with E-state index in [0.717, 1.165) is 27.4 Å². The van der Waals surface area contributed by atoms with Gasteiger partial charge in [0.1, 0.15) is 4.99 Å². The van der Waals surface area contributed by atoms with Gasteiger partial charge in [0.05, 0.1) is 6.04 Å². The highest BCUT2D eigenvalue weighted by atomic mass is 35.5. The van der Waals surface area contributed by atoms with E-state index in [0.29, 0.717) is 4.99 Å². The van der Waals surface area contributed by atoms with Gasteiger partial charge >= 0.3 is 0 Å². The van der Waals surface area contributed by atoms with Gasteiger partial charge in [0.2, 0.25) is 0 Å². The maximum atomic E-state index is 6.08. The first-order valence-corrected chi connectivity index (χ1v) is 7.57. The van der Waals surface area contributed by atoms with Crippen molar-refractivity contribution in [1.29, 1.82) is 0 Å². The standard InChI is InChI=1S/C17H19ClN2S/c1-11-7-8-16(15(9-11)17(19)21)20(3)12(2)13-5-4-6-14(18)10-13/h4-10,12H,1-3H3,(H2,19,21). The molecule has 0 amide bonds. The molecule has 0 saturated carbocycles. The van der Waals surface area contributed by atoms with Gasteiger partial charge in [0.15, 0.2) is 0 Å². The summed E-state index contributed by atoms with van der Waals surface area (Å²) < 4.78 is 0. The lowest BCUT2D eigenvalue weighted by atomic mass is 10.0. The van der Waals surface area contributed by atoms with E-state index in [2.05, 4.69) is 30.0 Å². The van der Waals surface area contributed by atoms with Crippen molar-refractivity contribution in [1.82, 2.24) is 0 Å². The van der Waals surface area contributed by atoms with Crippen LogP contribution in [0.1, 0.15) is 29.7 Å². The average molecular weight is 319 g/mol. The molecule has 0 bridgehead atoms. The number of benzene rings is 2. The first-order chi connectivity index (χ1) is 9.90. The second-order valence-corrected chi connectivity index (χ2v) is 6.10. The summed E-state index contributed by atoms with van der Waals surface area (Å²) in [7, 11) is 2.04. The van der Waals surface area contributed by atoms with Gasteiger partial charge in [0.25, 0.3) is 0 Å². The summed E-state index contributed by atoms with van der Waals surface area (Å²) in [6.45, 7) is 4.17. The normalized spacial score (nSPS) is 12.0. The minimum atomic E-state index is 0.166. The summed E-state index contributed by atoms with van der Waals surface area (Å²) in [5, 5.41) is 0.742. The van der Waals surface area contributed by atoms with Crippen LogP contribution in [-0.4, -0.2) is 12.0 Å². The number of nitrogens with two attached hydrogens (primary N) is 1. The van der Waals surface area contributed by atoms with E-state index in [-0.39, 0.29) is 6.04 Å².